The van der Waals surface area contributed by atoms with Crippen LogP contribution in [-0.4, -0.2) is 27.4 Å². The maximum atomic E-state index is 13.3. The van der Waals surface area contributed by atoms with E-state index in [2.05, 4.69) is 0 Å². The summed E-state index contributed by atoms with van der Waals surface area (Å²) in [5.41, 5.74) is 4.00. The number of nitrogens with zero attached hydrogens (tertiary/aromatic N) is 2. The van der Waals surface area contributed by atoms with Crippen LogP contribution < -0.4 is 9.21 Å². The van der Waals surface area contributed by atoms with Crippen LogP contribution in [0.4, 0.5) is 11.4 Å². The number of hydrogen-bond donors (Lipinski definition) is 0. The van der Waals surface area contributed by atoms with Gasteiger partial charge in [0.15, 0.2) is 0 Å². The van der Waals surface area contributed by atoms with Crippen molar-refractivity contribution in [3.05, 3.63) is 89.5 Å². The summed E-state index contributed by atoms with van der Waals surface area (Å²) in [6.45, 7) is 3.95. The minimum atomic E-state index is -3.80. The number of benzene rings is 3. The first-order valence-electron chi connectivity index (χ1n) is 9.86. The molecule has 0 N–H and O–H groups in total. The SMILES string of the molecule is Cc1ccc(N(C)S(=O)(=O)c2cccc(C(=O)N3c4ccccc4CC3C)c2)cc1. The van der Waals surface area contributed by atoms with Crippen molar-refractivity contribution in [3.63, 3.8) is 0 Å². The molecular formula is C24H24N2O3S. The van der Waals surface area contributed by atoms with Gasteiger partial charge in [0.05, 0.1) is 10.6 Å². The molecule has 0 bridgehead atoms. The zero-order chi connectivity index (χ0) is 21.5. The summed E-state index contributed by atoms with van der Waals surface area (Å²) >= 11 is 0. The average molecular weight is 421 g/mol. The summed E-state index contributed by atoms with van der Waals surface area (Å²) in [5.74, 6) is -0.192. The van der Waals surface area contributed by atoms with Crippen LogP contribution in [0.2, 0.25) is 0 Å². The minimum Gasteiger partial charge on any atom is -0.305 e. The molecule has 3 aromatic carbocycles. The molecular weight excluding hydrogens is 396 g/mol. The lowest BCUT2D eigenvalue weighted by molar-refractivity contribution is 0.0981. The molecule has 0 aliphatic carbocycles. The van der Waals surface area contributed by atoms with Gasteiger partial charge in [-0.05, 0) is 62.2 Å². The highest BCUT2D eigenvalue weighted by molar-refractivity contribution is 7.92. The molecule has 0 spiro atoms. The molecule has 0 fully saturated rings. The highest BCUT2D eigenvalue weighted by atomic mass is 32.2. The van der Waals surface area contributed by atoms with Gasteiger partial charge < -0.3 is 4.90 Å². The van der Waals surface area contributed by atoms with Gasteiger partial charge in [-0.1, -0.05) is 42.0 Å². The molecule has 30 heavy (non-hydrogen) atoms. The smallest absolute Gasteiger partial charge is 0.264 e. The predicted octanol–water partition coefficient (Wildman–Crippen LogP) is 4.41. The third kappa shape index (κ3) is 3.48. The Labute approximate surface area is 177 Å². The lowest BCUT2D eigenvalue weighted by Gasteiger charge is -2.24. The van der Waals surface area contributed by atoms with Crippen LogP contribution in [0.25, 0.3) is 0 Å². The number of aryl methyl sites for hydroxylation is 1. The fourth-order valence-electron chi connectivity index (χ4n) is 3.86. The number of rotatable bonds is 4. The first-order chi connectivity index (χ1) is 14.3. The molecule has 5 nitrogen and oxygen atoms in total. The second-order valence-electron chi connectivity index (χ2n) is 7.69. The van der Waals surface area contributed by atoms with Crippen molar-refractivity contribution in [1.82, 2.24) is 0 Å². The molecule has 0 saturated carbocycles. The Morgan fingerprint density at radius 2 is 1.70 bits per heavy atom. The monoisotopic (exact) mass is 420 g/mol. The van der Waals surface area contributed by atoms with Gasteiger partial charge in [-0.25, -0.2) is 8.42 Å². The van der Waals surface area contributed by atoms with Crippen LogP contribution in [0.3, 0.4) is 0 Å². The average Bonchev–Trinajstić information content (AvgIpc) is 3.09. The summed E-state index contributed by atoms with van der Waals surface area (Å²) in [4.78, 5) is 15.1. The highest BCUT2D eigenvalue weighted by Gasteiger charge is 2.32. The van der Waals surface area contributed by atoms with E-state index < -0.39 is 10.0 Å². The number of para-hydroxylation sites is 1. The standard InChI is InChI=1S/C24H24N2O3S/c1-17-11-13-21(14-12-17)25(3)30(28,29)22-9-6-8-20(16-22)24(27)26-18(2)15-19-7-4-5-10-23(19)26/h4-14,16,18H,15H2,1-3H3. The molecule has 0 aromatic heterocycles. The van der Waals surface area contributed by atoms with Gasteiger partial charge in [0.25, 0.3) is 15.9 Å². The first kappa shape index (κ1) is 20.2. The summed E-state index contributed by atoms with van der Waals surface area (Å²) in [7, 11) is -2.27. The van der Waals surface area contributed by atoms with Gasteiger partial charge in [0, 0.05) is 24.3 Å². The van der Waals surface area contributed by atoms with Crippen LogP contribution in [0.5, 0.6) is 0 Å². The van der Waals surface area contributed by atoms with Crippen molar-refractivity contribution in [2.24, 2.45) is 0 Å². The Morgan fingerprint density at radius 3 is 2.43 bits per heavy atom. The zero-order valence-corrected chi connectivity index (χ0v) is 18.1. The molecule has 0 saturated heterocycles. The van der Waals surface area contributed by atoms with E-state index in [1.54, 1.807) is 29.2 Å². The molecule has 1 atom stereocenters. The van der Waals surface area contributed by atoms with E-state index in [-0.39, 0.29) is 16.8 Å². The van der Waals surface area contributed by atoms with Crippen molar-refractivity contribution >= 4 is 27.3 Å². The number of carbonyl (C=O) groups is 1. The van der Waals surface area contributed by atoms with Gasteiger partial charge in [-0.15, -0.1) is 0 Å². The van der Waals surface area contributed by atoms with E-state index in [0.717, 1.165) is 23.2 Å². The van der Waals surface area contributed by atoms with Gasteiger partial charge in [0.1, 0.15) is 0 Å². The Hall–Kier alpha value is -3.12. The second-order valence-corrected chi connectivity index (χ2v) is 9.66. The maximum Gasteiger partial charge on any atom is 0.264 e. The number of carbonyl (C=O) groups excluding carboxylic acids is 1. The van der Waals surface area contributed by atoms with Crippen molar-refractivity contribution in [2.45, 2.75) is 31.2 Å². The molecule has 1 heterocycles. The predicted molar refractivity (Wildman–Crippen MR) is 120 cm³/mol. The normalized spacial score (nSPS) is 15.7. The topological polar surface area (TPSA) is 57.7 Å². The molecule has 1 aliphatic rings. The van der Waals surface area contributed by atoms with Gasteiger partial charge in [0.2, 0.25) is 0 Å². The van der Waals surface area contributed by atoms with Crippen molar-refractivity contribution in [1.29, 1.82) is 0 Å². The quantitative estimate of drug-likeness (QED) is 0.628. The highest BCUT2D eigenvalue weighted by Crippen LogP contribution is 2.33. The minimum absolute atomic E-state index is 0.0189. The number of anilines is 2. The van der Waals surface area contributed by atoms with Gasteiger partial charge in [-0.2, -0.15) is 0 Å². The Kier molecular flexibility index (Phi) is 5.12. The largest absolute Gasteiger partial charge is 0.305 e. The third-order valence-corrected chi connectivity index (χ3v) is 7.34. The molecule has 1 unspecified atom stereocenters. The third-order valence-electron chi connectivity index (χ3n) is 5.56. The van der Waals surface area contributed by atoms with E-state index in [4.69, 9.17) is 0 Å². The number of hydrogen-bond acceptors (Lipinski definition) is 3. The Bertz CT molecular complexity index is 1200. The van der Waals surface area contributed by atoms with Crippen LogP contribution in [-0.2, 0) is 16.4 Å². The van der Waals surface area contributed by atoms with Crippen LogP contribution in [0.15, 0.2) is 77.7 Å². The fraction of sp³-hybridized carbons (Fsp3) is 0.208. The molecule has 0 radical (unpaired) electrons. The first-order valence-corrected chi connectivity index (χ1v) is 11.3. The van der Waals surface area contributed by atoms with E-state index >= 15 is 0 Å². The Balaban J connectivity index is 1.67. The lowest BCUT2D eigenvalue weighted by Crippen LogP contribution is -2.36. The fourth-order valence-corrected chi connectivity index (χ4v) is 5.10. The number of fused-ring (bicyclic) bond motifs is 1. The van der Waals surface area contributed by atoms with Gasteiger partial charge >= 0.3 is 0 Å². The van der Waals surface area contributed by atoms with Crippen LogP contribution in [0.1, 0.15) is 28.4 Å². The van der Waals surface area contributed by atoms with Crippen LogP contribution in [0, 0.1) is 6.92 Å². The summed E-state index contributed by atoms with van der Waals surface area (Å²) in [6, 6.07) is 21.4. The van der Waals surface area contributed by atoms with Crippen molar-refractivity contribution in [2.75, 3.05) is 16.3 Å². The molecule has 1 aliphatic heterocycles. The molecule has 154 valence electrons. The summed E-state index contributed by atoms with van der Waals surface area (Å²) in [6.07, 6.45) is 0.788. The van der Waals surface area contributed by atoms with Crippen molar-refractivity contribution < 1.29 is 13.2 Å². The van der Waals surface area contributed by atoms with Crippen LogP contribution >= 0.6 is 0 Å². The van der Waals surface area contributed by atoms with E-state index in [1.807, 2.05) is 50.2 Å². The van der Waals surface area contributed by atoms with Gasteiger partial charge in [-0.3, -0.25) is 9.10 Å². The van der Waals surface area contributed by atoms with Crippen molar-refractivity contribution in [3.8, 4) is 0 Å². The molecule has 4 rings (SSSR count). The lowest BCUT2D eigenvalue weighted by atomic mass is 10.1. The number of amides is 1. The summed E-state index contributed by atoms with van der Waals surface area (Å²) in [5, 5.41) is 0. The second kappa shape index (κ2) is 7.61. The summed E-state index contributed by atoms with van der Waals surface area (Å²) < 4.78 is 27.6. The molecule has 6 heteroatoms. The molecule has 3 aromatic rings. The Morgan fingerprint density at radius 1 is 1.00 bits per heavy atom. The van der Waals surface area contributed by atoms with E-state index in [0.29, 0.717) is 11.3 Å². The maximum absolute atomic E-state index is 13.3. The van der Waals surface area contributed by atoms with E-state index in [1.165, 1.54) is 23.5 Å². The molecule has 1 amide bonds. The zero-order valence-electron chi connectivity index (χ0n) is 17.2. The number of sulfonamides is 1. The van der Waals surface area contributed by atoms with E-state index in [9.17, 15) is 13.2 Å².